The number of benzene rings is 1. The lowest BCUT2D eigenvalue weighted by Crippen LogP contribution is -2.41. The van der Waals surface area contributed by atoms with E-state index >= 15 is 0 Å². The molecule has 1 aliphatic carbocycles. The number of likely N-dealkylation sites (tertiary alicyclic amines) is 1. The number of nitrogens with zero attached hydrogens (tertiary/aromatic N) is 2. The summed E-state index contributed by atoms with van der Waals surface area (Å²) in [6.45, 7) is 5.85. The van der Waals surface area contributed by atoms with Crippen LogP contribution in [0.1, 0.15) is 61.4 Å². The second kappa shape index (κ2) is 9.58. The van der Waals surface area contributed by atoms with Crippen LogP contribution < -0.4 is 11.1 Å². The highest BCUT2D eigenvalue weighted by Gasteiger charge is 2.39. The third-order valence-electron chi connectivity index (χ3n) is 5.64. The van der Waals surface area contributed by atoms with Crippen molar-refractivity contribution in [1.82, 2.24) is 10.2 Å². The summed E-state index contributed by atoms with van der Waals surface area (Å²) in [7, 11) is 0. The fraction of sp³-hybridized carbons (Fsp3) is 0.600. The summed E-state index contributed by atoms with van der Waals surface area (Å²) in [5.74, 6) is 0.627. The lowest BCUT2D eigenvalue weighted by atomic mass is 9.73. The van der Waals surface area contributed by atoms with E-state index in [-0.39, 0.29) is 24.0 Å². The van der Waals surface area contributed by atoms with Crippen molar-refractivity contribution < 1.29 is 4.79 Å². The third kappa shape index (κ3) is 5.11. The maximum Gasteiger partial charge on any atom is 0.248 e. The molecule has 1 aliphatic heterocycles. The van der Waals surface area contributed by atoms with E-state index in [2.05, 4.69) is 17.1 Å². The van der Waals surface area contributed by atoms with Crippen molar-refractivity contribution >= 4 is 35.8 Å². The zero-order valence-corrected chi connectivity index (χ0v) is 18.0. The van der Waals surface area contributed by atoms with Crippen LogP contribution in [0, 0.1) is 5.41 Å². The smallest absolute Gasteiger partial charge is 0.248 e. The standard InChI is InChI=1S/C20H30N4O.HI/c1-2-22-19(23-14-16-6-8-17(9-7-16)18(21)25)24-13-12-20(15-24)10-4-3-5-11-20;/h6-9H,2-5,10-15H2,1H3,(H2,21,25)(H,22,23);1H. The van der Waals surface area contributed by atoms with Gasteiger partial charge in [-0.25, -0.2) is 4.99 Å². The van der Waals surface area contributed by atoms with Crippen molar-refractivity contribution in [2.24, 2.45) is 16.1 Å². The molecule has 1 spiro atoms. The number of rotatable bonds is 4. The van der Waals surface area contributed by atoms with Crippen LogP contribution in [0.4, 0.5) is 0 Å². The largest absolute Gasteiger partial charge is 0.366 e. The molecule has 2 aliphatic rings. The van der Waals surface area contributed by atoms with Crippen LogP contribution >= 0.6 is 24.0 Å². The topological polar surface area (TPSA) is 70.7 Å². The number of primary amides is 1. The Balaban J connectivity index is 0.00000243. The summed E-state index contributed by atoms with van der Waals surface area (Å²) in [6.07, 6.45) is 8.21. The van der Waals surface area contributed by atoms with Crippen LogP contribution in [0.2, 0.25) is 0 Å². The van der Waals surface area contributed by atoms with Crippen LogP contribution in [0.3, 0.4) is 0 Å². The molecular formula is C20H31IN4O. The molecule has 1 saturated heterocycles. The third-order valence-corrected chi connectivity index (χ3v) is 5.64. The number of nitrogens with two attached hydrogens (primary N) is 1. The monoisotopic (exact) mass is 470 g/mol. The number of aliphatic imine (C=N–C) groups is 1. The van der Waals surface area contributed by atoms with E-state index in [4.69, 9.17) is 10.7 Å². The van der Waals surface area contributed by atoms with E-state index in [1.807, 2.05) is 12.1 Å². The first-order valence-electron chi connectivity index (χ1n) is 9.54. The molecule has 0 bridgehead atoms. The Morgan fingerprint density at radius 1 is 1.19 bits per heavy atom. The number of amides is 1. The quantitative estimate of drug-likeness (QED) is 0.402. The molecule has 26 heavy (non-hydrogen) atoms. The summed E-state index contributed by atoms with van der Waals surface area (Å²) in [5, 5.41) is 3.45. The molecule has 3 rings (SSSR count). The summed E-state index contributed by atoms with van der Waals surface area (Å²) < 4.78 is 0. The molecular weight excluding hydrogens is 439 g/mol. The van der Waals surface area contributed by atoms with Crippen LogP contribution in [-0.4, -0.2) is 36.4 Å². The van der Waals surface area contributed by atoms with Crippen molar-refractivity contribution in [2.45, 2.75) is 52.0 Å². The van der Waals surface area contributed by atoms with Gasteiger partial charge in [-0.1, -0.05) is 31.4 Å². The molecule has 2 fully saturated rings. The summed E-state index contributed by atoms with van der Waals surface area (Å²) >= 11 is 0. The van der Waals surface area contributed by atoms with Gasteiger partial charge in [0.15, 0.2) is 5.96 Å². The number of nitrogens with one attached hydrogen (secondary N) is 1. The predicted octanol–water partition coefficient (Wildman–Crippen LogP) is 3.53. The zero-order chi connectivity index (χ0) is 17.7. The lowest BCUT2D eigenvalue weighted by molar-refractivity contribution is 0.100. The van der Waals surface area contributed by atoms with Gasteiger partial charge in [0, 0.05) is 25.2 Å². The van der Waals surface area contributed by atoms with E-state index in [0.29, 0.717) is 17.5 Å². The van der Waals surface area contributed by atoms with Gasteiger partial charge in [-0.3, -0.25) is 4.79 Å². The van der Waals surface area contributed by atoms with E-state index in [1.54, 1.807) is 12.1 Å². The minimum Gasteiger partial charge on any atom is -0.366 e. The predicted molar refractivity (Wildman–Crippen MR) is 117 cm³/mol. The fourth-order valence-corrected chi connectivity index (χ4v) is 4.19. The van der Waals surface area contributed by atoms with Crippen molar-refractivity contribution in [3.05, 3.63) is 35.4 Å². The Morgan fingerprint density at radius 3 is 2.50 bits per heavy atom. The van der Waals surface area contributed by atoms with E-state index in [1.165, 1.54) is 38.5 Å². The van der Waals surface area contributed by atoms with Crippen LogP contribution in [0.5, 0.6) is 0 Å². The Bertz CT molecular complexity index is 623. The number of hydrogen-bond donors (Lipinski definition) is 2. The molecule has 0 unspecified atom stereocenters. The van der Waals surface area contributed by atoms with Gasteiger partial charge in [0.05, 0.1) is 6.54 Å². The number of hydrogen-bond acceptors (Lipinski definition) is 2. The van der Waals surface area contributed by atoms with Crippen molar-refractivity contribution in [3.8, 4) is 0 Å². The van der Waals surface area contributed by atoms with Gasteiger partial charge < -0.3 is 16.0 Å². The minimum atomic E-state index is -0.391. The van der Waals surface area contributed by atoms with Crippen molar-refractivity contribution in [2.75, 3.05) is 19.6 Å². The molecule has 1 aromatic rings. The van der Waals surface area contributed by atoms with Gasteiger partial charge in [0.1, 0.15) is 0 Å². The Morgan fingerprint density at radius 2 is 1.88 bits per heavy atom. The van der Waals surface area contributed by atoms with Crippen LogP contribution in [0.25, 0.3) is 0 Å². The molecule has 0 atom stereocenters. The second-order valence-corrected chi connectivity index (χ2v) is 7.46. The molecule has 6 heteroatoms. The number of guanidine groups is 1. The molecule has 1 amide bonds. The molecule has 0 aromatic heterocycles. The van der Waals surface area contributed by atoms with Crippen molar-refractivity contribution in [1.29, 1.82) is 0 Å². The Hall–Kier alpha value is -1.31. The molecule has 1 aromatic carbocycles. The SMILES string of the molecule is CCNC(=NCc1ccc(C(N)=O)cc1)N1CCC2(CCCCC2)C1.I. The van der Waals surface area contributed by atoms with Gasteiger partial charge in [-0.15, -0.1) is 24.0 Å². The molecule has 1 saturated carbocycles. The summed E-state index contributed by atoms with van der Waals surface area (Å²) in [5.41, 5.74) is 7.45. The molecule has 3 N–H and O–H groups in total. The first-order valence-corrected chi connectivity index (χ1v) is 9.54. The maximum atomic E-state index is 11.2. The number of carbonyl (C=O) groups is 1. The molecule has 1 heterocycles. The minimum absolute atomic E-state index is 0. The van der Waals surface area contributed by atoms with Gasteiger partial charge in [0.25, 0.3) is 0 Å². The Labute approximate surface area is 173 Å². The first-order chi connectivity index (χ1) is 12.1. The average molecular weight is 470 g/mol. The summed E-state index contributed by atoms with van der Waals surface area (Å²) in [6, 6.07) is 7.40. The highest BCUT2D eigenvalue weighted by atomic mass is 127. The maximum absolute atomic E-state index is 11.2. The van der Waals surface area contributed by atoms with Crippen molar-refractivity contribution in [3.63, 3.8) is 0 Å². The van der Waals surface area contributed by atoms with E-state index < -0.39 is 5.91 Å². The normalized spacial score (nSPS) is 19.3. The highest BCUT2D eigenvalue weighted by Crippen LogP contribution is 2.43. The first kappa shape index (κ1) is 21.0. The zero-order valence-electron chi connectivity index (χ0n) is 15.7. The highest BCUT2D eigenvalue weighted by molar-refractivity contribution is 14.0. The van der Waals surface area contributed by atoms with Crippen LogP contribution in [-0.2, 0) is 6.54 Å². The van der Waals surface area contributed by atoms with Gasteiger partial charge in [0.2, 0.25) is 5.91 Å². The van der Waals surface area contributed by atoms with Gasteiger partial charge in [-0.05, 0) is 49.3 Å². The Kier molecular flexibility index (Phi) is 7.73. The number of halogens is 1. The molecule has 5 nitrogen and oxygen atoms in total. The average Bonchev–Trinajstić information content (AvgIpc) is 3.02. The summed E-state index contributed by atoms with van der Waals surface area (Å²) in [4.78, 5) is 18.4. The molecule has 0 radical (unpaired) electrons. The lowest BCUT2D eigenvalue weighted by Gasteiger charge is -2.33. The second-order valence-electron chi connectivity index (χ2n) is 7.46. The van der Waals surface area contributed by atoms with E-state index in [0.717, 1.165) is 31.2 Å². The van der Waals surface area contributed by atoms with Gasteiger partial charge >= 0.3 is 0 Å². The van der Waals surface area contributed by atoms with E-state index in [9.17, 15) is 4.79 Å². The molecule has 144 valence electrons. The fourth-order valence-electron chi connectivity index (χ4n) is 4.19. The number of carbonyl (C=O) groups excluding carboxylic acids is 1. The van der Waals surface area contributed by atoms with Gasteiger partial charge in [-0.2, -0.15) is 0 Å². The van der Waals surface area contributed by atoms with Crippen LogP contribution in [0.15, 0.2) is 29.3 Å².